The average molecular weight is 595 g/mol. The molecule has 1 aliphatic heterocycles. The van der Waals surface area contributed by atoms with Crippen LogP contribution in [0.2, 0.25) is 0 Å². The lowest BCUT2D eigenvalue weighted by Crippen LogP contribution is -2.36. The number of morpholine rings is 1. The van der Waals surface area contributed by atoms with Gasteiger partial charge in [0.15, 0.2) is 0 Å². The Morgan fingerprint density at radius 2 is 1.84 bits per heavy atom. The fourth-order valence-electron chi connectivity index (χ4n) is 5.50. The first-order valence-electron chi connectivity index (χ1n) is 14.0. The van der Waals surface area contributed by atoms with E-state index in [9.17, 15) is 4.57 Å². The van der Waals surface area contributed by atoms with Crippen molar-refractivity contribution in [1.29, 1.82) is 0 Å². The number of H-pyrrole nitrogens is 1. The number of aryl methyl sites for hydroxylation is 1. The molecule has 6 aromatic rings. The minimum atomic E-state index is -2.75. The molecule has 0 atom stereocenters. The molecule has 0 saturated carbocycles. The zero-order valence-corrected chi connectivity index (χ0v) is 25.0. The van der Waals surface area contributed by atoms with Crippen LogP contribution in [0.25, 0.3) is 33.2 Å². The molecule has 13 heteroatoms. The number of ether oxygens (including phenoxy) is 1. The highest BCUT2D eigenvalue weighted by Gasteiger charge is 2.23. The van der Waals surface area contributed by atoms with Crippen molar-refractivity contribution >= 4 is 63.3 Å². The molecule has 0 spiro atoms. The maximum atomic E-state index is 13.5. The van der Waals surface area contributed by atoms with Gasteiger partial charge in [-0.25, -0.2) is 0 Å². The van der Waals surface area contributed by atoms with E-state index in [4.69, 9.17) is 14.7 Å². The highest BCUT2D eigenvalue weighted by molar-refractivity contribution is 7.71. The van der Waals surface area contributed by atoms with E-state index in [2.05, 4.69) is 47.7 Å². The number of nitrogens with one attached hydrogen (secondary N) is 3. The number of hydrogen-bond donors (Lipinski definition) is 3. The molecule has 0 radical (unpaired) electrons. The van der Waals surface area contributed by atoms with Gasteiger partial charge in [0.25, 0.3) is 0 Å². The van der Waals surface area contributed by atoms with Gasteiger partial charge in [0, 0.05) is 67.4 Å². The van der Waals surface area contributed by atoms with E-state index in [1.165, 1.54) is 0 Å². The minimum absolute atomic E-state index is 0.409. The Morgan fingerprint density at radius 3 is 2.63 bits per heavy atom. The molecule has 1 aliphatic rings. The van der Waals surface area contributed by atoms with Crippen LogP contribution in [0, 0.1) is 0 Å². The van der Waals surface area contributed by atoms with E-state index in [0.717, 1.165) is 41.0 Å². The lowest BCUT2D eigenvalue weighted by Gasteiger charge is -2.30. The normalized spacial score (nSPS) is 14.0. The second-order valence-electron chi connectivity index (χ2n) is 10.9. The van der Waals surface area contributed by atoms with Gasteiger partial charge in [-0.05, 0) is 49.7 Å². The van der Waals surface area contributed by atoms with Crippen LogP contribution in [0.3, 0.4) is 0 Å². The third-order valence-electron chi connectivity index (χ3n) is 7.44. The molecule has 4 aromatic heterocycles. The van der Waals surface area contributed by atoms with Gasteiger partial charge in [0.05, 0.1) is 41.3 Å². The van der Waals surface area contributed by atoms with Crippen LogP contribution in [-0.4, -0.2) is 74.3 Å². The Hall–Kier alpha value is -4.80. The molecule has 0 unspecified atom stereocenters. The quantitative estimate of drug-likeness (QED) is 0.219. The van der Waals surface area contributed by atoms with Crippen LogP contribution in [0.1, 0.15) is 0 Å². The molecule has 0 amide bonds. The summed E-state index contributed by atoms with van der Waals surface area (Å²) in [6.45, 7) is 6.52. The van der Waals surface area contributed by atoms with Gasteiger partial charge in [-0.1, -0.05) is 0 Å². The maximum Gasteiger partial charge on any atom is 0.231 e. The number of aromatic amines is 1. The van der Waals surface area contributed by atoms with E-state index in [1.807, 2.05) is 49.9 Å². The second kappa shape index (κ2) is 10.8. The van der Waals surface area contributed by atoms with Crippen molar-refractivity contribution in [3.63, 3.8) is 0 Å². The van der Waals surface area contributed by atoms with Gasteiger partial charge >= 0.3 is 0 Å². The number of fused-ring (bicyclic) bond motifs is 2. The largest absolute Gasteiger partial charge is 0.378 e. The Bertz CT molecular complexity index is 2010. The van der Waals surface area contributed by atoms with Gasteiger partial charge in [0.1, 0.15) is 24.1 Å². The van der Waals surface area contributed by atoms with Crippen LogP contribution in [0.5, 0.6) is 0 Å². The molecule has 218 valence electrons. The van der Waals surface area contributed by atoms with Crippen molar-refractivity contribution in [2.45, 2.75) is 0 Å². The molecule has 5 heterocycles. The summed E-state index contributed by atoms with van der Waals surface area (Å²) in [5.74, 6) is 0.983. The van der Waals surface area contributed by atoms with Crippen molar-refractivity contribution in [3.8, 4) is 11.1 Å². The number of aromatic nitrogens is 7. The Labute approximate surface area is 247 Å². The number of hydrogen-bond acceptors (Lipinski definition) is 10. The van der Waals surface area contributed by atoms with Crippen molar-refractivity contribution < 1.29 is 9.30 Å². The van der Waals surface area contributed by atoms with Crippen LogP contribution in [0.4, 0.5) is 28.8 Å². The Balaban J connectivity index is 1.27. The summed E-state index contributed by atoms with van der Waals surface area (Å²) in [6.07, 6.45) is 8.96. The van der Waals surface area contributed by atoms with E-state index in [-0.39, 0.29) is 0 Å². The summed E-state index contributed by atoms with van der Waals surface area (Å²) < 4.78 is 20.9. The van der Waals surface area contributed by atoms with E-state index in [0.29, 0.717) is 52.7 Å². The van der Waals surface area contributed by atoms with Crippen molar-refractivity contribution in [1.82, 2.24) is 34.7 Å². The lowest BCUT2D eigenvalue weighted by molar-refractivity contribution is 0.123. The Morgan fingerprint density at radius 1 is 1.00 bits per heavy atom. The van der Waals surface area contributed by atoms with Gasteiger partial charge in [-0.2, -0.15) is 15.1 Å². The summed E-state index contributed by atoms with van der Waals surface area (Å²) in [6, 6.07) is 11.9. The predicted octanol–water partition coefficient (Wildman–Crippen LogP) is 4.87. The molecule has 43 heavy (non-hydrogen) atoms. The van der Waals surface area contributed by atoms with Crippen LogP contribution < -0.4 is 20.8 Å². The lowest BCUT2D eigenvalue weighted by atomic mass is 10.0. The number of nitrogens with zero attached hydrogens (tertiary/aromatic N) is 7. The van der Waals surface area contributed by atoms with Crippen LogP contribution in [-0.2, 0) is 16.3 Å². The first-order chi connectivity index (χ1) is 20.8. The third-order valence-corrected chi connectivity index (χ3v) is 8.97. The maximum absolute atomic E-state index is 13.5. The van der Waals surface area contributed by atoms with Gasteiger partial charge < -0.3 is 29.8 Å². The second-order valence-corrected chi connectivity index (χ2v) is 14.0. The summed E-state index contributed by atoms with van der Waals surface area (Å²) in [5, 5.41) is 12.7. The van der Waals surface area contributed by atoms with Crippen LogP contribution in [0.15, 0.2) is 67.4 Å². The van der Waals surface area contributed by atoms with E-state index >= 15 is 0 Å². The van der Waals surface area contributed by atoms with Crippen molar-refractivity contribution in [3.05, 3.63) is 67.4 Å². The molecule has 0 bridgehead atoms. The van der Waals surface area contributed by atoms with E-state index in [1.54, 1.807) is 30.4 Å². The third kappa shape index (κ3) is 5.31. The average Bonchev–Trinajstić information content (AvgIpc) is 3.66. The monoisotopic (exact) mass is 594 g/mol. The zero-order valence-electron chi connectivity index (χ0n) is 24.1. The molecular weight excluding hydrogens is 563 g/mol. The fourth-order valence-corrected chi connectivity index (χ4v) is 6.90. The van der Waals surface area contributed by atoms with Crippen molar-refractivity contribution in [2.75, 3.05) is 55.2 Å². The van der Waals surface area contributed by atoms with Gasteiger partial charge in [-0.3, -0.25) is 14.6 Å². The van der Waals surface area contributed by atoms with Gasteiger partial charge in [-0.15, -0.1) is 0 Å². The minimum Gasteiger partial charge on any atom is -0.378 e. The van der Waals surface area contributed by atoms with Crippen molar-refractivity contribution in [2.24, 2.45) is 7.05 Å². The molecule has 1 fully saturated rings. The zero-order chi connectivity index (χ0) is 29.6. The van der Waals surface area contributed by atoms with Crippen LogP contribution >= 0.6 is 7.14 Å². The Kier molecular flexibility index (Phi) is 6.79. The summed E-state index contributed by atoms with van der Waals surface area (Å²) in [5.41, 5.74) is 6.67. The summed E-state index contributed by atoms with van der Waals surface area (Å²) >= 11 is 0. The molecule has 7 rings (SSSR count). The smallest absolute Gasteiger partial charge is 0.231 e. The SMILES string of the molecule is Cn1cc(-c2cc(Nc3nc(Nc4ccc5nccnc5c4P(C)(C)=O)c4cc[nH]c4n3)ccc2N2CCOCC2)cn1. The summed E-state index contributed by atoms with van der Waals surface area (Å²) in [7, 11) is -0.837. The van der Waals surface area contributed by atoms with Gasteiger partial charge in [0.2, 0.25) is 5.95 Å². The topological polar surface area (TPSA) is 139 Å². The number of anilines is 5. The number of rotatable bonds is 7. The molecular formula is C30H31N10O2P. The summed E-state index contributed by atoms with van der Waals surface area (Å²) in [4.78, 5) is 24.1. The highest BCUT2D eigenvalue weighted by Crippen LogP contribution is 2.41. The molecule has 1 saturated heterocycles. The molecule has 12 nitrogen and oxygen atoms in total. The molecule has 0 aliphatic carbocycles. The molecule has 2 aromatic carbocycles. The number of benzene rings is 2. The molecule has 3 N–H and O–H groups in total. The first-order valence-corrected chi connectivity index (χ1v) is 16.6. The van der Waals surface area contributed by atoms with E-state index < -0.39 is 7.14 Å². The fraction of sp³-hybridized carbons (Fsp3) is 0.233. The predicted molar refractivity (Wildman–Crippen MR) is 171 cm³/mol. The standard InChI is InChI=1S/C30H31N10O2P/c1-39-18-19(17-34-39)22-16-20(4-7-25(22)40-12-14-42-15-13-40)35-30-37-28-21(8-9-33-28)29(38-30)36-24-6-5-23-26(32-11-10-31-23)27(24)43(2,3)41/h4-11,16-18H,12-15H2,1-3H3,(H3,33,35,36,37,38). The first kappa shape index (κ1) is 27.1. The highest BCUT2D eigenvalue weighted by atomic mass is 31.2.